The van der Waals surface area contributed by atoms with Crippen LogP contribution in [0.2, 0.25) is 0 Å². The molecule has 0 radical (unpaired) electrons. The van der Waals surface area contributed by atoms with E-state index in [0.717, 1.165) is 4.68 Å². The van der Waals surface area contributed by atoms with E-state index in [1.54, 1.807) is 25.1 Å². The van der Waals surface area contributed by atoms with Crippen molar-refractivity contribution in [3.63, 3.8) is 0 Å². The van der Waals surface area contributed by atoms with Crippen molar-refractivity contribution >= 4 is 18.4 Å². The summed E-state index contributed by atoms with van der Waals surface area (Å²) in [5, 5.41) is 19.5. The van der Waals surface area contributed by atoms with E-state index in [0.29, 0.717) is 5.56 Å². The number of nitrogens with zero attached hydrogens (tertiary/aromatic N) is 3. The summed E-state index contributed by atoms with van der Waals surface area (Å²) in [5.74, 6) is 0.127. The second-order valence-corrected chi connectivity index (χ2v) is 3.96. The molecule has 1 aromatic carbocycles. The first-order valence-corrected chi connectivity index (χ1v) is 5.50. The lowest BCUT2D eigenvalue weighted by molar-refractivity contribution is 0.475. The second-order valence-electron chi connectivity index (χ2n) is 3.57. The molecule has 0 aliphatic carbocycles. The van der Waals surface area contributed by atoms with Crippen molar-refractivity contribution in [1.82, 2.24) is 14.9 Å². The van der Waals surface area contributed by atoms with Gasteiger partial charge in [0.25, 0.3) is 5.56 Å². The molecular formula is C11H10N4O2S. The monoisotopic (exact) mass is 262 g/mol. The SMILES string of the molecule is Cc1n[nH]c(=S)n(N=Cc2cccc(O)c2)c1=O. The molecule has 2 aromatic rings. The van der Waals surface area contributed by atoms with Crippen molar-refractivity contribution < 1.29 is 5.11 Å². The number of rotatable bonds is 2. The van der Waals surface area contributed by atoms with Crippen LogP contribution in [-0.4, -0.2) is 26.2 Å². The number of aryl methyl sites for hydroxylation is 1. The summed E-state index contributed by atoms with van der Waals surface area (Å²) in [6, 6.07) is 6.49. The minimum absolute atomic E-state index is 0.113. The molecule has 0 saturated heterocycles. The van der Waals surface area contributed by atoms with Crippen LogP contribution in [0.4, 0.5) is 0 Å². The van der Waals surface area contributed by atoms with Gasteiger partial charge in [0.05, 0.1) is 6.21 Å². The number of phenolic OH excluding ortho intramolecular Hbond substituents is 1. The van der Waals surface area contributed by atoms with E-state index >= 15 is 0 Å². The number of aromatic amines is 1. The Morgan fingerprint density at radius 2 is 2.33 bits per heavy atom. The number of aromatic nitrogens is 3. The van der Waals surface area contributed by atoms with Crippen LogP contribution in [0.25, 0.3) is 0 Å². The van der Waals surface area contributed by atoms with Crippen LogP contribution < -0.4 is 5.56 Å². The second kappa shape index (κ2) is 4.92. The predicted octanol–water partition coefficient (Wildman–Crippen LogP) is 1.20. The molecule has 1 heterocycles. The van der Waals surface area contributed by atoms with Gasteiger partial charge in [-0.2, -0.15) is 14.9 Å². The number of nitrogens with one attached hydrogen (secondary N) is 1. The molecule has 0 aliphatic rings. The molecule has 0 saturated carbocycles. The summed E-state index contributed by atoms with van der Waals surface area (Å²) >= 11 is 4.92. The van der Waals surface area contributed by atoms with Gasteiger partial charge in [-0.3, -0.25) is 9.89 Å². The fraction of sp³-hybridized carbons (Fsp3) is 0.0909. The van der Waals surface area contributed by atoms with Crippen molar-refractivity contribution in [2.24, 2.45) is 5.10 Å². The summed E-state index contributed by atoms with van der Waals surface area (Å²) in [5.41, 5.74) is 0.553. The van der Waals surface area contributed by atoms with E-state index in [-0.39, 0.29) is 21.8 Å². The van der Waals surface area contributed by atoms with Gasteiger partial charge in [0.1, 0.15) is 11.4 Å². The van der Waals surface area contributed by atoms with Crippen molar-refractivity contribution in [2.75, 3.05) is 0 Å². The predicted molar refractivity (Wildman–Crippen MR) is 69.5 cm³/mol. The number of benzene rings is 1. The molecule has 1 aromatic heterocycles. The molecule has 0 amide bonds. The third kappa shape index (κ3) is 2.51. The van der Waals surface area contributed by atoms with Crippen LogP contribution in [0.1, 0.15) is 11.3 Å². The summed E-state index contributed by atoms with van der Waals surface area (Å²) in [4.78, 5) is 11.7. The standard InChI is InChI=1S/C11H10N4O2S/c1-7-10(17)15(11(18)14-13-7)12-6-8-3-2-4-9(16)5-8/h2-6,16H,1H3,(H,14,18). The average Bonchev–Trinajstić information content (AvgIpc) is 2.34. The van der Waals surface area contributed by atoms with E-state index in [1.165, 1.54) is 12.3 Å². The maximum atomic E-state index is 11.7. The lowest BCUT2D eigenvalue weighted by atomic mass is 10.2. The summed E-state index contributed by atoms with van der Waals surface area (Å²) in [7, 11) is 0. The van der Waals surface area contributed by atoms with Gasteiger partial charge in [0.15, 0.2) is 0 Å². The van der Waals surface area contributed by atoms with E-state index in [2.05, 4.69) is 15.3 Å². The molecule has 0 fully saturated rings. The Morgan fingerprint density at radius 1 is 1.56 bits per heavy atom. The molecule has 0 bridgehead atoms. The minimum atomic E-state index is -0.379. The summed E-state index contributed by atoms with van der Waals surface area (Å²) < 4.78 is 1.16. The van der Waals surface area contributed by atoms with Gasteiger partial charge in [0.2, 0.25) is 4.77 Å². The minimum Gasteiger partial charge on any atom is -0.508 e. The molecule has 2 N–H and O–H groups in total. The molecule has 0 aliphatic heterocycles. The first kappa shape index (κ1) is 12.2. The van der Waals surface area contributed by atoms with Gasteiger partial charge in [0, 0.05) is 0 Å². The third-order valence-electron chi connectivity index (χ3n) is 2.21. The molecule has 2 rings (SSSR count). The summed E-state index contributed by atoms with van der Waals surface area (Å²) in [6.07, 6.45) is 1.43. The average molecular weight is 262 g/mol. The van der Waals surface area contributed by atoms with Gasteiger partial charge in [-0.05, 0) is 36.8 Å². The van der Waals surface area contributed by atoms with Crippen molar-refractivity contribution in [3.05, 3.63) is 50.6 Å². The van der Waals surface area contributed by atoms with Crippen molar-refractivity contribution in [3.8, 4) is 5.75 Å². The Kier molecular flexibility index (Phi) is 3.33. The molecule has 92 valence electrons. The topological polar surface area (TPSA) is 83.3 Å². The van der Waals surface area contributed by atoms with Crippen LogP contribution in [0.5, 0.6) is 5.75 Å². The maximum Gasteiger partial charge on any atom is 0.296 e. The molecule has 0 spiro atoms. The van der Waals surface area contributed by atoms with E-state index in [9.17, 15) is 9.90 Å². The van der Waals surface area contributed by atoms with E-state index < -0.39 is 0 Å². The van der Waals surface area contributed by atoms with Gasteiger partial charge in [-0.15, -0.1) is 0 Å². The molecular weight excluding hydrogens is 252 g/mol. The zero-order chi connectivity index (χ0) is 13.1. The Hall–Kier alpha value is -2.28. The Labute approximate surface area is 107 Å². The van der Waals surface area contributed by atoms with Gasteiger partial charge >= 0.3 is 0 Å². The largest absolute Gasteiger partial charge is 0.508 e. The van der Waals surface area contributed by atoms with Gasteiger partial charge in [-0.25, -0.2) is 0 Å². The highest BCUT2D eigenvalue weighted by Crippen LogP contribution is 2.08. The quantitative estimate of drug-likeness (QED) is 0.629. The first-order valence-electron chi connectivity index (χ1n) is 5.09. The van der Waals surface area contributed by atoms with Crippen LogP contribution in [-0.2, 0) is 0 Å². The van der Waals surface area contributed by atoms with Gasteiger partial charge < -0.3 is 5.11 Å². The lowest BCUT2D eigenvalue weighted by Gasteiger charge is -1.99. The van der Waals surface area contributed by atoms with Gasteiger partial charge in [-0.1, -0.05) is 12.1 Å². The fourth-order valence-electron chi connectivity index (χ4n) is 1.31. The zero-order valence-electron chi connectivity index (χ0n) is 9.49. The number of aromatic hydroxyl groups is 1. The van der Waals surface area contributed by atoms with Crippen molar-refractivity contribution in [1.29, 1.82) is 0 Å². The smallest absolute Gasteiger partial charge is 0.296 e. The maximum absolute atomic E-state index is 11.7. The molecule has 0 atom stereocenters. The first-order chi connectivity index (χ1) is 8.58. The molecule has 0 unspecified atom stereocenters. The fourth-order valence-corrected chi connectivity index (χ4v) is 1.48. The highest BCUT2D eigenvalue weighted by molar-refractivity contribution is 7.71. The van der Waals surface area contributed by atoms with Crippen molar-refractivity contribution in [2.45, 2.75) is 6.92 Å². The Bertz CT molecular complexity index is 717. The number of hydrogen-bond acceptors (Lipinski definition) is 5. The van der Waals surface area contributed by atoms with Crippen LogP contribution in [0.3, 0.4) is 0 Å². The van der Waals surface area contributed by atoms with Crippen LogP contribution in [0, 0.1) is 11.7 Å². The van der Waals surface area contributed by atoms with Crippen LogP contribution in [0.15, 0.2) is 34.2 Å². The summed E-state index contributed by atoms with van der Waals surface area (Å²) in [6.45, 7) is 1.56. The third-order valence-corrected chi connectivity index (χ3v) is 2.47. The lowest BCUT2D eigenvalue weighted by Crippen LogP contribution is -2.22. The molecule has 6 nitrogen and oxygen atoms in total. The highest BCUT2D eigenvalue weighted by Gasteiger charge is 2.00. The number of H-pyrrole nitrogens is 1. The molecule has 7 heteroatoms. The van der Waals surface area contributed by atoms with E-state index in [4.69, 9.17) is 12.2 Å². The number of hydrogen-bond donors (Lipinski definition) is 2. The van der Waals surface area contributed by atoms with E-state index in [1.807, 2.05) is 0 Å². The Balaban J connectivity index is 2.44. The normalized spacial score (nSPS) is 10.9. The Morgan fingerprint density at radius 3 is 3.06 bits per heavy atom. The highest BCUT2D eigenvalue weighted by atomic mass is 32.1. The zero-order valence-corrected chi connectivity index (χ0v) is 10.3. The van der Waals surface area contributed by atoms with Crippen LogP contribution >= 0.6 is 12.2 Å². The molecule has 18 heavy (non-hydrogen) atoms. The number of phenols is 1.